The Labute approximate surface area is 142 Å². The molecule has 0 spiro atoms. The Hall–Kier alpha value is -2.41. The lowest BCUT2D eigenvalue weighted by Crippen LogP contribution is -2.38. The van der Waals surface area contributed by atoms with Gasteiger partial charge < -0.3 is 16.9 Å². The second-order valence-electron chi connectivity index (χ2n) is 7.18. The highest BCUT2D eigenvalue weighted by Crippen LogP contribution is 2.31. The van der Waals surface area contributed by atoms with Crippen molar-refractivity contribution in [3.05, 3.63) is 34.9 Å². The fourth-order valence-corrected chi connectivity index (χ4v) is 2.41. The third kappa shape index (κ3) is 3.41. The molecule has 0 saturated carbocycles. The van der Waals surface area contributed by atoms with Gasteiger partial charge in [-0.15, -0.1) is 0 Å². The molecule has 1 heterocycles. The molecule has 7 heteroatoms. The fraction of sp³-hybridized carbons (Fsp3) is 0.471. The molecule has 0 aromatic heterocycles. The van der Waals surface area contributed by atoms with Gasteiger partial charge in [0.05, 0.1) is 17.2 Å². The highest BCUT2D eigenvalue weighted by Gasteiger charge is 2.32. The number of nitrogens with two attached hydrogens (primary N) is 2. The maximum atomic E-state index is 11.9. The summed E-state index contributed by atoms with van der Waals surface area (Å²) >= 11 is 0. The lowest BCUT2D eigenvalue weighted by Gasteiger charge is -2.28. The number of carbonyl (C=O) groups is 2. The topological polar surface area (TPSA) is 114 Å². The molecule has 0 unspecified atom stereocenters. The van der Waals surface area contributed by atoms with E-state index in [1.165, 1.54) is 0 Å². The molecular weight excluding hydrogens is 306 g/mol. The average molecular weight is 331 g/mol. The maximum absolute atomic E-state index is 11.9. The standard InChI is InChI=1S/C17H25N5O2/c1-16(2,14(18)23)12-5-11(8-22-10-20-9-21-22)6-13(7-12)17(3,4)15(19)24/h5-7,9H,8,10H2,1-4H3,(H2,18,23)(H2,19,24)(H,20,21). The molecule has 2 amide bonds. The fourth-order valence-electron chi connectivity index (χ4n) is 2.41. The van der Waals surface area contributed by atoms with E-state index >= 15 is 0 Å². The van der Waals surface area contributed by atoms with Crippen LogP contribution in [-0.2, 0) is 27.0 Å². The first-order valence-corrected chi connectivity index (χ1v) is 7.79. The van der Waals surface area contributed by atoms with Crippen LogP contribution < -0.4 is 16.9 Å². The van der Waals surface area contributed by atoms with Gasteiger partial charge >= 0.3 is 0 Å². The van der Waals surface area contributed by atoms with Crippen LogP contribution in [0.4, 0.5) is 0 Å². The quantitative estimate of drug-likeness (QED) is 0.705. The summed E-state index contributed by atoms with van der Waals surface area (Å²) in [4.78, 5) is 27.8. The second-order valence-corrected chi connectivity index (χ2v) is 7.18. The summed E-state index contributed by atoms with van der Waals surface area (Å²) in [6.07, 6.45) is 1.63. The SMILES string of the molecule is CC(C)(C(N)=O)c1cc(CN2CN=CN2)cc(C(C)(C)C(N)=O)c1. The van der Waals surface area contributed by atoms with Crippen LogP contribution in [0.2, 0.25) is 0 Å². The predicted octanol–water partition coefficient (Wildman–Crippen LogP) is 0.518. The van der Waals surface area contributed by atoms with Crippen LogP contribution in [0.3, 0.4) is 0 Å². The van der Waals surface area contributed by atoms with Crippen molar-refractivity contribution in [2.24, 2.45) is 16.5 Å². The van der Waals surface area contributed by atoms with Crippen molar-refractivity contribution >= 4 is 18.2 Å². The number of nitrogens with zero attached hydrogens (tertiary/aromatic N) is 2. The number of nitrogens with one attached hydrogen (secondary N) is 1. The van der Waals surface area contributed by atoms with E-state index < -0.39 is 22.6 Å². The molecule has 24 heavy (non-hydrogen) atoms. The normalized spacial score (nSPS) is 15.3. The summed E-state index contributed by atoms with van der Waals surface area (Å²) in [6, 6.07) is 5.71. The van der Waals surface area contributed by atoms with E-state index in [4.69, 9.17) is 11.5 Å². The van der Waals surface area contributed by atoms with Gasteiger partial charge in [-0.2, -0.15) is 5.01 Å². The summed E-state index contributed by atoms with van der Waals surface area (Å²) in [5, 5.41) is 1.91. The van der Waals surface area contributed by atoms with Crippen LogP contribution >= 0.6 is 0 Å². The number of benzene rings is 1. The molecule has 7 nitrogen and oxygen atoms in total. The molecule has 1 aromatic carbocycles. The Morgan fingerprint density at radius 3 is 1.96 bits per heavy atom. The van der Waals surface area contributed by atoms with Crippen LogP contribution in [0.15, 0.2) is 23.2 Å². The van der Waals surface area contributed by atoms with E-state index in [0.29, 0.717) is 13.2 Å². The van der Waals surface area contributed by atoms with Crippen LogP contribution in [0.1, 0.15) is 44.4 Å². The largest absolute Gasteiger partial charge is 0.369 e. The van der Waals surface area contributed by atoms with Crippen molar-refractivity contribution in [1.29, 1.82) is 0 Å². The van der Waals surface area contributed by atoms with Crippen molar-refractivity contribution < 1.29 is 9.59 Å². The van der Waals surface area contributed by atoms with Crippen LogP contribution in [-0.4, -0.2) is 29.8 Å². The first kappa shape index (κ1) is 17.9. The summed E-state index contributed by atoms with van der Waals surface area (Å²) in [5.41, 5.74) is 14.9. The lowest BCUT2D eigenvalue weighted by molar-refractivity contribution is -0.122. The summed E-state index contributed by atoms with van der Waals surface area (Å²) < 4.78 is 0. The molecule has 1 aliphatic heterocycles. The van der Waals surface area contributed by atoms with Gasteiger partial charge in [-0.25, -0.2) is 0 Å². The smallest absolute Gasteiger partial charge is 0.227 e. The first-order chi connectivity index (χ1) is 11.0. The zero-order chi connectivity index (χ0) is 18.1. The third-order valence-corrected chi connectivity index (χ3v) is 4.63. The Kier molecular flexibility index (Phi) is 4.66. The first-order valence-electron chi connectivity index (χ1n) is 7.79. The third-order valence-electron chi connectivity index (χ3n) is 4.63. The van der Waals surface area contributed by atoms with Gasteiger partial charge in [0.25, 0.3) is 0 Å². The minimum atomic E-state index is -0.854. The second kappa shape index (κ2) is 6.24. The van der Waals surface area contributed by atoms with E-state index in [-0.39, 0.29) is 0 Å². The number of hydrogen-bond acceptors (Lipinski definition) is 5. The minimum Gasteiger partial charge on any atom is -0.369 e. The Morgan fingerprint density at radius 2 is 1.58 bits per heavy atom. The molecule has 0 aliphatic carbocycles. The van der Waals surface area contributed by atoms with Crippen molar-refractivity contribution in [2.45, 2.75) is 45.1 Å². The molecule has 0 radical (unpaired) electrons. The molecule has 1 aromatic rings. The molecule has 0 saturated heterocycles. The van der Waals surface area contributed by atoms with Gasteiger partial charge in [0.1, 0.15) is 6.67 Å². The van der Waals surface area contributed by atoms with Crippen molar-refractivity contribution in [3.8, 4) is 0 Å². The lowest BCUT2D eigenvalue weighted by atomic mass is 9.77. The van der Waals surface area contributed by atoms with Gasteiger partial charge in [-0.3, -0.25) is 14.6 Å². The Bertz CT molecular complexity index is 642. The molecule has 0 bridgehead atoms. The average Bonchev–Trinajstić information content (AvgIpc) is 2.99. The number of primary amides is 2. The highest BCUT2D eigenvalue weighted by molar-refractivity contribution is 5.87. The molecular formula is C17H25N5O2. The van der Waals surface area contributed by atoms with Crippen molar-refractivity contribution in [2.75, 3.05) is 6.67 Å². The van der Waals surface area contributed by atoms with Crippen molar-refractivity contribution in [3.63, 3.8) is 0 Å². The number of amides is 2. The maximum Gasteiger partial charge on any atom is 0.227 e. The Morgan fingerprint density at radius 1 is 1.08 bits per heavy atom. The molecule has 0 fully saturated rings. The number of hydrazine groups is 1. The number of rotatable bonds is 6. The molecule has 5 N–H and O–H groups in total. The zero-order valence-corrected chi connectivity index (χ0v) is 14.6. The minimum absolute atomic E-state index is 0.426. The van der Waals surface area contributed by atoms with E-state index in [0.717, 1.165) is 16.7 Å². The number of carbonyl (C=O) groups excluding carboxylic acids is 2. The van der Waals surface area contributed by atoms with Gasteiger partial charge in [-0.05, 0) is 44.4 Å². The van der Waals surface area contributed by atoms with E-state index in [9.17, 15) is 9.59 Å². The van der Waals surface area contributed by atoms with Crippen molar-refractivity contribution in [1.82, 2.24) is 10.4 Å². The summed E-state index contributed by atoms with van der Waals surface area (Å²) in [7, 11) is 0. The van der Waals surface area contributed by atoms with Gasteiger partial charge in [0.15, 0.2) is 0 Å². The number of aliphatic imine (C=N–C) groups is 1. The van der Waals surface area contributed by atoms with E-state index in [2.05, 4.69) is 10.4 Å². The highest BCUT2D eigenvalue weighted by atomic mass is 16.1. The van der Waals surface area contributed by atoms with Gasteiger partial charge in [0, 0.05) is 6.54 Å². The molecule has 130 valence electrons. The zero-order valence-electron chi connectivity index (χ0n) is 14.6. The summed E-state index contributed by atoms with van der Waals surface area (Å²) in [6.45, 7) is 8.20. The summed E-state index contributed by atoms with van der Waals surface area (Å²) in [5.74, 6) is -0.852. The molecule has 2 rings (SSSR count). The molecule has 0 atom stereocenters. The van der Waals surface area contributed by atoms with E-state index in [1.807, 2.05) is 23.2 Å². The van der Waals surface area contributed by atoms with E-state index in [1.54, 1.807) is 34.0 Å². The van der Waals surface area contributed by atoms with Crippen LogP contribution in [0.25, 0.3) is 0 Å². The van der Waals surface area contributed by atoms with Crippen LogP contribution in [0, 0.1) is 0 Å². The van der Waals surface area contributed by atoms with Gasteiger partial charge in [0.2, 0.25) is 11.8 Å². The monoisotopic (exact) mass is 331 g/mol. The number of hydrogen-bond donors (Lipinski definition) is 3. The molecule has 1 aliphatic rings. The Balaban J connectivity index is 2.50. The predicted molar refractivity (Wildman–Crippen MR) is 92.9 cm³/mol. The van der Waals surface area contributed by atoms with Crippen LogP contribution in [0.5, 0.6) is 0 Å². The van der Waals surface area contributed by atoms with Gasteiger partial charge in [-0.1, -0.05) is 18.2 Å².